The summed E-state index contributed by atoms with van der Waals surface area (Å²) in [6.07, 6.45) is 1.54. The molecule has 0 radical (unpaired) electrons. The summed E-state index contributed by atoms with van der Waals surface area (Å²) in [6, 6.07) is 13.2. The number of carbonyl (C=O) groups excluding carboxylic acids is 1. The third-order valence-electron chi connectivity index (χ3n) is 3.56. The number of hydrogen-bond donors (Lipinski definition) is 3. The van der Waals surface area contributed by atoms with Crippen LogP contribution in [-0.4, -0.2) is 10.9 Å². The minimum absolute atomic E-state index is 0.233. The molecule has 0 saturated heterocycles. The lowest BCUT2D eigenvalue weighted by atomic mass is 10.1. The fraction of sp³-hybridized carbons (Fsp3) is 0.0588. The van der Waals surface area contributed by atoms with E-state index in [0.717, 1.165) is 0 Å². The molecule has 0 fully saturated rings. The first kappa shape index (κ1) is 15.3. The number of benzene rings is 2. The van der Waals surface area contributed by atoms with Crippen LogP contribution in [-0.2, 0) is 4.79 Å². The number of hydrogen-bond acceptors (Lipinski definition) is 3. The Balaban J connectivity index is 1.91. The number of aromatic nitrogens is 1. The van der Waals surface area contributed by atoms with Crippen molar-refractivity contribution in [2.24, 2.45) is 5.73 Å². The average Bonchev–Trinajstić information content (AvgIpc) is 2.56. The Morgan fingerprint density at radius 2 is 1.91 bits per heavy atom. The number of anilines is 1. The molecule has 1 heterocycles. The molecule has 4 N–H and O–H groups in total. The van der Waals surface area contributed by atoms with E-state index in [9.17, 15) is 9.59 Å². The second kappa shape index (κ2) is 6.24. The van der Waals surface area contributed by atoms with Crippen molar-refractivity contribution in [2.45, 2.75) is 6.04 Å². The van der Waals surface area contributed by atoms with Gasteiger partial charge in [0.1, 0.15) is 6.04 Å². The summed E-state index contributed by atoms with van der Waals surface area (Å²) in [5.41, 5.74) is 6.85. The minimum Gasteiger partial charge on any atom is -0.329 e. The van der Waals surface area contributed by atoms with Crippen LogP contribution < -0.4 is 16.6 Å². The van der Waals surface area contributed by atoms with E-state index in [0.29, 0.717) is 22.0 Å². The summed E-state index contributed by atoms with van der Waals surface area (Å²) < 4.78 is 0. The highest BCUT2D eigenvalue weighted by Gasteiger charge is 2.17. The normalized spacial score (nSPS) is 12.1. The summed E-state index contributed by atoms with van der Waals surface area (Å²) in [7, 11) is 0. The summed E-state index contributed by atoms with van der Waals surface area (Å²) in [5, 5.41) is 4.14. The van der Waals surface area contributed by atoms with Crippen LogP contribution in [0.25, 0.3) is 10.8 Å². The fourth-order valence-electron chi connectivity index (χ4n) is 2.33. The van der Waals surface area contributed by atoms with Gasteiger partial charge in [-0.3, -0.25) is 9.59 Å². The van der Waals surface area contributed by atoms with E-state index in [1.54, 1.807) is 30.5 Å². The van der Waals surface area contributed by atoms with Gasteiger partial charge in [-0.2, -0.15) is 0 Å². The van der Waals surface area contributed by atoms with Gasteiger partial charge in [-0.1, -0.05) is 41.9 Å². The third-order valence-corrected chi connectivity index (χ3v) is 3.87. The molecular weight excluding hydrogens is 314 g/mol. The molecule has 0 bridgehead atoms. The first-order valence-corrected chi connectivity index (χ1v) is 7.36. The van der Waals surface area contributed by atoms with Crippen LogP contribution in [0.4, 0.5) is 5.69 Å². The van der Waals surface area contributed by atoms with Gasteiger partial charge in [0.05, 0.1) is 10.7 Å². The van der Waals surface area contributed by atoms with E-state index in [4.69, 9.17) is 17.3 Å². The summed E-state index contributed by atoms with van der Waals surface area (Å²) >= 11 is 6.16. The van der Waals surface area contributed by atoms with E-state index < -0.39 is 6.04 Å². The van der Waals surface area contributed by atoms with Gasteiger partial charge in [0.2, 0.25) is 5.91 Å². The number of fused-ring (bicyclic) bond motifs is 1. The lowest BCUT2D eigenvalue weighted by molar-refractivity contribution is -0.117. The van der Waals surface area contributed by atoms with Crippen LogP contribution in [0.2, 0.25) is 5.02 Å². The maximum atomic E-state index is 12.3. The number of carbonyl (C=O) groups is 1. The molecule has 6 heteroatoms. The molecule has 0 spiro atoms. The molecule has 0 aliphatic carbocycles. The molecule has 1 amide bonds. The number of rotatable bonds is 3. The lowest BCUT2D eigenvalue weighted by Crippen LogP contribution is -2.27. The first-order valence-electron chi connectivity index (χ1n) is 6.98. The van der Waals surface area contributed by atoms with Crippen molar-refractivity contribution in [1.82, 2.24) is 4.98 Å². The van der Waals surface area contributed by atoms with Crippen LogP contribution >= 0.6 is 11.6 Å². The quantitative estimate of drug-likeness (QED) is 0.691. The van der Waals surface area contributed by atoms with Crippen LogP contribution in [0, 0.1) is 0 Å². The van der Waals surface area contributed by atoms with Crippen molar-refractivity contribution in [3.05, 3.63) is 75.7 Å². The zero-order valence-electron chi connectivity index (χ0n) is 12.0. The monoisotopic (exact) mass is 327 g/mol. The van der Waals surface area contributed by atoms with Gasteiger partial charge in [-0.05, 0) is 29.1 Å². The summed E-state index contributed by atoms with van der Waals surface area (Å²) in [6.45, 7) is 0. The Kier molecular flexibility index (Phi) is 4.14. The lowest BCUT2D eigenvalue weighted by Gasteiger charge is -2.14. The molecule has 5 nitrogen and oxygen atoms in total. The number of pyridine rings is 1. The van der Waals surface area contributed by atoms with Gasteiger partial charge < -0.3 is 16.0 Å². The van der Waals surface area contributed by atoms with Crippen LogP contribution in [0.15, 0.2) is 59.5 Å². The zero-order valence-corrected chi connectivity index (χ0v) is 12.8. The van der Waals surface area contributed by atoms with E-state index >= 15 is 0 Å². The molecule has 23 heavy (non-hydrogen) atoms. The predicted octanol–water partition coefficient (Wildman–Crippen LogP) is 2.82. The Morgan fingerprint density at radius 3 is 2.65 bits per heavy atom. The van der Waals surface area contributed by atoms with Crippen molar-refractivity contribution in [3.8, 4) is 0 Å². The smallest absolute Gasteiger partial charge is 0.255 e. The maximum absolute atomic E-state index is 12.3. The fourth-order valence-corrected chi connectivity index (χ4v) is 2.54. The molecule has 3 rings (SSSR count). The molecule has 1 atom stereocenters. The number of aromatic amines is 1. The van der Waals surface area contributed by atoms with E-state index in [-0.39, 0.29) is 16.5 Å². The molecule has 0 aliphatic rings. The molecule has 2 aromatic carbocycles. The van der Waals surface area contributed by atoms with Crippen LogP contribution in [0.1, 0.15) is 11.6 Å². The van der Waals surface area contributed by atoms with E-state index in [1.165, 1.54) is 6.07 Å². The zero-order chi connectivity index (χ0) is 16.4. The topological polar surface area (TPSA) is 88.0 Å². The van der Waals surface area contributed by atoms with Crippen LogP contribution in [0.3, 0.4) is 0 Å². The minimum atomic E-state index is -0.804. The average molecular weight is 328 g/mol. The number of amides is 1. The highest BCUT2D eigenvalue weighted by atomic mass is 35.5. The second-order valence-corrected chi connectivity index (χ2v) is 5.51. The van der Waals surface area contributed by atoms with Crippen molar-refractivity contribution in [1.29, 1.82) is 0 Å². The Bertz CT molecular complexity index is 922. The van der Waals surface area contributed by atoms with Gasteiger partial charge in [0.15, 0.2) is 0 Å². The Labute approximate surface area is 137 Å². The standard InChI is InChI=1S/C17H14ClN3O2/c18-13-9-12-11(6-7-20-16(12)22)8-14(13)21-17(23)15(19)10-4-2-1-3-5-10/h1-9,15H,19H2,(H,20,22)(H,21,23)/t15-/m0/s1. The van der Waals surface area contributed by atoms with Crippen molar-refractivity contribution in [2.75, 3.05) is 5.32 Å². The van der Waals surface area contributed by atoms with E-state index in [2.05, 4.69) is 10.3 Å². The van der Waals surface area contributed by atoms with Gasteiger partial charge in [0, 0.05) is 11.6 Å². The molecule has 0 aliphatic heterocycles. The van der Waals surface area contributed by atoms with E-state index in [1.807, 2.05) is 18.2 Å². The molecule has 116 valence electrons. The van der Waals surface area contributed by atoms with Gasteiger partial charge >= 0.3 is 0 Å². The molecule has 0 saturated carbocycles. The summed E-state index contributed by atoms with van der Waals surface area (Å²) in [4.78, 5) is 26.6. The number of H-pyrrole nitrogens is 1. The SMILES string of the molecule is N[C@H](C(=O)Nc1cc2cc[nH]c(=O)c2cc1Cl)c1ccccc1. The van der Waals surface area contributed by atoms with Crippen molar-refractivity contribution < 1.29 is 4.79 Å². The van der Waals surface area contributed by atoms with Gasteiger partial charge in [-0.15, -0.1) is 0 Å². The van der Waals surface area contributed by atoms with Crippen molar-refractivity contribution in [3.63, 3.8) is 0 Å². The maximum Gasteiger partial charge on any atom is 0.255 e. The molecule has 1 aromatic heterocycles. The second-order valence-electron chi connectivity index (χ2n) is 5.10. The first-order chi connectivity index (χ1) is 11.1. The van der Waals surface area contributed by atoms with Gasteiger partial charge in [0.25, 0.3) is 5.56 Å². The highest BCUT2D eigenvalue weighted by Crippen LogP contribution is 2.27. The Morgan fingerprint density at radius 1 is 1.17 bits per heavy atom. The third kappa shape index (κ3) is 3.11. The number of nitrogens with one attached hydrogen (secondary N) is 2. The molecule has 0 unspecified atom stereocenters. The molecule has 3 aromatic rings. The van der Waals surface area contributed by atoms with Crippen molar-refractivity contribution >= 4 is 34.0 Å². The van der Waals surface area contributed by atoms with Gasteiger partial charge in [-0.25, -0.2) is 0 Å². The highest BCUT2D eigenvalue weighted by molar-refractivity contribution is 6.34. The summed E-state index contributed by atoms with van der Waals surface area (Å²) in [5.74, 6) is -0.373. The molecular formula is C17H14ClN3O2. The Hall–Kier alpha value is -2.63. The van der Waals surface area contributed by atoms with Crippen LogP contribution in [0.5, 0.6) is 0 Å². The predicted molar refractivity (Wildman–Crippen MR) is 91.6 cm³/mol. The largest absolute Gasteiger partial charge is 0.329 e. The number of nitrogens with two attached hydrogens (primary N) is 1. The number of halogens is 1.